The summed E-state index contributed by atoms with van der Waals surface area (Å²) in [6.07, 6.45) is -4.88. The minimum Gasteiger partial charge on any atom is -0.405 e. The van der Waals surface area contributed by atoms with E-state index in [9.17, 15) is 18.0 Å². The van der Waals surface area contributed by atoms with Gasteiger partial charge in [-0.25, -0.2) is 0 Å². The third-order valence-corrected chi connectivity index (χ3v) is 2.91. The minimum absolute atomic E-state index is 0.0918. The molecule has 0 bridgehead atoms. The van der Waals surface area contributed by atoms with E-state index in [-0.39, 0.29) is 28.8 Å². The molecule has 0 unspecified atom stereocenters. The normalized spacial score (nSPS) is 11.4. The third kappa shape index (κ3) is 5.08. The maximum atomic E-state index is 12.1. The Bertz CT molecular complexity index is 419. The number of ether oxygens (including phenoxy) is 1. The summed E-state index contributed by atoms with van der Waals surface area (Å²) in [4.78, 5) is 11.2. The molecular formula is C10H7Br2F3O2. The van der Waals surface area contributed by atoms with Crippen molar-refractivity contribution in [3.05, 3.63) is 28.2 Å². The van der Waals surface area contributed by atoms with Gasteiger partial charge in [-0.05, 0) is 12.1 Å². The second-order valence-corrected chi connectivity index (χ2v) is 4.63. The van der Waals surface area contributed by atoms with Gasteiger partial charge in [0, 0.05) is 16.5 Å². The van der Waals surface area contributed by atoms with Gasteiger partial charge in [-0.1, -0.05) is 37.9 Å². The number of ketones is 1. The first-order valence-electron chi connectivity index (χ1n) is 4.43. The molecule has 17 heavy (non-hydrogen) atoms. The Balaban J connectivity index is 2.99. The third-order valence-electron chi connectivity index (χ3n) is 1.79. The van der Waals surface area contributed by atoms with Crippen LogP contribution in [0.15, 0.2) is 22.7 Å². The quantitative estimate of drug-likeness (QED) is 0.747. The van der Waals surface area contributed by atoms with Gasteiger partial charge in [0.05, 0.1) is 5.33 Å². The molecule has 0 spiro atoms. The van der Waals surface area contributed by atoms with Crippen molar-refractivity contribution in [3.8, 4) is 5.75 Å². The van der Waals surface area contributed by atoms with Crippen LogP contribution in [-0.2, 0) is 11.2 Å². The van der Waals surface area contributed by atoms with Gasteiger partial charge in [0.2, 0.25) is 0 Å². The van der Waals surface area contributed by atoms with Crippen molar-refractivity contribution in [3.63, 3.8) is 0 Å². The summed E-state index contributed by atoms with van der Waals surface area (Å²) in [6.45, 7) is 0. The van der Waals surface area contributed by atoms with Crippen LogP contribution < -0.4 is 4.74 Å². The van der Waals surface area contributed by atoms with Crippen LogP contribution in [0.3, 0.4) is 0 Å². The van der Waals surface area contributed by atoms with Crippen LogP contribution in [0.1, 0.15) is 5.56 Å². The van der Waals surface area contributed by atoms with E-state index in [1.165, 1.54) is 12.1 Å². The molecule has 2 nitrogen and oxygen atoms in total. The maximum Gasteiger partial charge on any atom is 0.573 e. The second-order valence-electron chi connectivity index (χ2n) is 3.15. The number of halogens is 5. The van der Waals surface area contributed by atoms with Gasteiger partial charge in [-0.2, -0.15) is 0 Å². The van der Waals surface area contributed by atoms with Crippen molar-refractivity contribution in [2.24, 2.45) is 0 Å². The lowest BCUT2D eigenvalue weighted by atomic mass is 10.1. The molecule has 0 atom stereocenters. The van der Waals surface area contributed by atoms with Crippen molar-refractivity contribution in [1.82, 2.24) is 0 Å². The molecule has 0 radical (unpaired) electrons. The van der Waals surface area contributed by atoms with Gasteiger partial charge in [-0.3, -0.25) is 4.79 Å². The Hall–Kier alpha value is -0.560. The lowest BCUT2D eigenvalue weighted by Gasteiger charge is -2.13. The van der Waals surface area contributed by atoms with Crippen LogP contribution in [0.4, 0.5) is 13.2 Å². The molecule has 1 rings (SSSR count). The Morgan fingerprint density at radius 3 is 2.53 bits per heavy atom. The summed E-state index contributed by atoms with van der Waals surface area (Å²) in [6, 6.07) is 4.16. The molecule has 0 heterocycles. The maximum absolute atomic E-state index is 12.1. The molecule has 0 fully saturated rings. The van der Waals surface area contributed by atoms with E-state index in [0.717, 1.165) is 0 Å². The highest BCUT2D eigenvalue weighted by molar-refractivity contribution is 9.10. The lowest BCUT2D eigenvalue weighted by Crippen LogP contribution is -2.19. The Morgan fingerprint density at radius 1 is 1.35 bits per heavy atom. The van der Waals surface area contributed by atoms with Crippen molar-refractivity contribution < 1.29 is 22.7 Å². The smallest absolute Gasteiger partial charge is 0.405 e. The van der Waals surface area contributed by atoms with Crippen LogP contribution >= 0.6 is 31.9 Å². The number of carbonyl (C=O) groups is 1. The zero-order chi connectivity index (χ0) is 13.1. The summed E-state index contributed by atoms with van der Waals surface area (Å²) >= 11 is 6.00. The van der Waals surface area contributed by atoms with Gasteiger partial charge >= 0.3 is 6.36 Å². The number of rotatable bonds is 4. The lowest BCUT2D eigenvalue weighted by molar-refractivity contribution is -0.274. The molecule has 1 aromatic carbocycles. The number of hydrogen-bond donors (Lipinski definition) is 0. The fourth-order valence-electron chi connectivity index (χ4n) is 1.15. The van der Waals surface area contributed by atoms with Gasteiger partial charge < -0.3 is 4.74 Å². The highest BCUT2D eigenvalue weighted by Crippen LogP contribution is 2.29. The Kier molecular flexibility index (Phi) is 5.00. The summed E-state index contributed by atoms with van der Waals surface area (Å²) in [5.41, 5.74) is 0.204. The summed E-state index contributed by atoms with van der Waals surface area (Å²) in [5.74, 6) is -0.583. The van der Waals surface area contributed by atoms with Crippen LogP contribution in [0.5, 0.6) is 5.75 Å². The molecule has 0 saturated carbocycles. The van der Waals surface area contributed by atoms with Crippen LogP contribution in [-0.4, -0.2) is 17.5 Å². The van der Waals surface area contributed by atoms with Crippen molar-refractivity contribution in [2.45, 2.75) is 12.8 Å². The summed E-state index contributed by atoms with van der Waals surface area (Å²) < 4.78 is 40.7. The molecular weight excluding hydrogens is 369 g/mol. The van der Waals surface area contributed by atoms with Gasteiger partial charge in [0.25, 0.3) is 0 Å². The summed E-state index contributed by atoms with van der Waals surface area (Å²) in [7, 11) is 0. The fourth-order valence-corrected chi connectivity index (χ4v) is 1.69. The molecule has 0 aliphatic carbocycles. The number of hydrogen-bond acceptors (Lipinski definition) is 2. The van der Waals surface area contributed by atoms with E-state index < -0.39 is 6.36 Å². The van der Waals surface area contributed by atoms with Crippen LogP contribution in [0.25, 0.3) is 0 Å². The molecule has 0 N–H and O–H groups in total. The van der Waals surface area contributed by atoms with E-state index in [2.05, 4.69) is 36.6 Å². The number of carbonyl (C=O) groups excluding carboxylic acids is 1. The molecule has 0 aliphatic rings. The monoisotopic (exact) mass is 374 g/mol. The van der Waals surface area contributed by atoms with Gasteiger partial charge in [0.1, 0.15) is 11.5 Å². The molecule has 0 aromatic heterocycles. The van der Waals surface area contributed by atoms with E-state index in [1.54, 1.807) is 6.07 Å². The average Bonchev–Trinajstić information content (AvgIpc) is 2.19. The van der Waals surface area contributed by atoms with Crippen LogP contribution in [0.2, 0.25) is 0 Å². The zero-order valence-corrected chi connectivity index (χ0v) is 11.5. The largest absolute Gasteiger partial charge is 0.573 e. The Labute approximate surface area is 112 Å². The topological polar surface area (TPSA) is 26.3 Å². The number of benzene rings is 1. The first kappa shape index (κ1) is 14.5. The van der Waals surface area contributed by atoms with Gasteiger partial charge in [-0.15, -0.1) is 13.2 Å². The van der Waals surface area contributed by atoms with Crippen molar-refractivity contribution in [1.29, 1.82) is 0 Å². The SMILES string of the molecule is O=C(CBr)Cc1ccc(Br)cc1OC(F)(F)F. The van der Waals surface area contributed by atoms with E-state index in [1.807, 2.05) is 0 Å². The second kappa shape index (κ2) is 5.86. The van der Waals surface area contributed by atoms with E-state index >= 15 is 0 Å². The number of Topliss-reactive ketones (excluding diaryl/α,β-unsaturated/α-hetero) is 1. The summed E-state index contributed by atoms with van der Waals surface area (Å²) in [5, 5.41) is 0.0918. The zero-order valence-electron chi connectivity index (χ0n) is 8.35. The molecule has 1 aromatic rings. The molecule has 0 amide bonds. The van der Waals surface area contributed by atoms with E-state index in [4.69, 9.17) is 0 Å². The average molecular weight is 376 g/mol. The van der Waals surface area contributed by atoms with Crippen molar-refractivity contribution in [2.75, 3.05) is 5.33 Å². The standard InChI is InChI=1S/C10H7Br2F3O2/c11-5-8(16)3-6-1-2-7(12)4-9(6)17-10(13,14)15/h1-2,4H,3,5H2. The first-order valence-corrected chi connectivity index (χ1v) is 6.35. The van der Waals surface area contributed by atoms with Crippen LogP contribution in [0, 0.1) is 0 Å². The van der Waals surface area contributed by atoms with Gasteiger partial charge in [0.15, 0.2) is 0 Å². The number of alkyl halides is 4. The highest BCUT2D eigenvalue weighted by atomic mass is 79.9. The highest BCUT2D eigenvalue weighted by Gasteiger charge is 2.32. The minimum atomic E-state index is -4.77. The Morgan fingerprint density at radius 2 is 2.00 bits per heavy atom. The molecule has 94 valence electrons. The van der Waals surface area contributed by atoms with E-state index in [0.29, 0.717) is 4.47 Å². The molecule has 0 aliphatic heterocycles. The first-order chi connectivity index (χ1) is 7.81. The molecule has 0 saturated heterocycles. The predicted molar refractivity (Wildman–Crippen MR) is 63.3 cm³/mol. The predicted octanol–water partition coefficient (Wildman–Crippen LogP) is 3.85. The van der Waals surface area contributed by atoms with Crippen molar-refractivity contribution >= 4 is 37.6 Å². The molecule has 7 heteroatoms. The fraction of sp³-hybridized carbons (Fsp3) is 0.300.